The number of carbonyl (C=O) groups excluding carboxylic acids is 1. The summed E-state index contributed by atoms with van der Waals surface area (Å²) in [5.74, 6) is 0.00362. The molecule has 1 N–H and O–H groups in total. The normalized spacial score (nSPS) is 11.0. The summed E-state index contributed by atoms with van der Waals surface area (Å²) in [5, 5.41) is 0.444. The molecular weight excluding hydrogens is 401 g/mol. The van der Waals surface area contributed by atoms with E-state index in [-0.39, 0.29) is 23.8 Å². The van der Waals surface area contributed by atoms with Gasteiger partial charge in [0.1, 0.15) is 16.5 Å². The Morgan fingerprint density at radius 3 is 2.60 bits per heavy atom. The van der Waals surface area contributed by atoms with Crippen LogP contribution in [0.5, 0.6) is 0 Å². The Kier molecular flexibility index (Phi) is 5.46. The smallest absolute Gasteiger partial charge is 0.264 e. The van der Waals surface area contributed by atoms with Gasteiger partial charge in [-0.15, -0.1) is 11.3 Å². The molecule has 0 aliphatic carbocycles. The fourth-order valence-electron chi connectivity index (χ4n) is 3.42. The number of fused-ring (bicyclic) bond motifs is 1. The molecule has 0 atom stereocenters. The number of thiophene rings is 1. The van der Waals surface area contributed by atoms with Gasteiger partial charge < -0.3 is 9.88 Å². The van der Waals surface area contributed by atoms with Crippen LogP contribution < -0.4 is 5.56 Å². The average molecular weight is 421 g/mol. The first-order valence-corrected chi connectivity index (χ1v) is 10.3. The Balaban J connectivity index is 1.64. The second-order valence-corrected chi connectivity index (χ2v) is 8.20. The third-order valence-corrected chi connectivity index (χ3v) is 6.09. The van der Waals surface area contributed by atoms with Crippen LogP contribution in [0.25, 0.3) is 10.2 Å². The van der Waals surface area contributed by atoms with Crippen molar-refractivity contribution in [2.75, 3.05) is 7.05 Å². The summed E-state index contributed by atoms with van der Waals surface area (Å²) in [5.41, 5.74) is 2.11. The summed E-state index contributed by atoms with van der Waals surface area (Å²) >= 11 is 1.22. The van der Waals surface area contributed by atoms with Crippen LogP contribution in [-0.2, 0) is 13.0 Å². The van der Waals surface area contributed by atoms with Crippen molar-refractivity contribution in [1.82, 2.24) is 14.9 Å². The number of hydrogen-bond donors (Lipinski definition) is 1. The van der Waals surface area contributed by atoms with Gasteiger partial charge in [0, 0.05) is 20.0 Å². The number of aromatic nitrogens is 2. The number of carbonyl (C=O) groups is 1. The van der Waals surface area contributed by atoms with Gasteiger partial charge in [-0.25, -0.2) is 9.37 Å². The molecule has 0 saturated carbocycles. The highest BCUT2D eigenvalue weighted by Gasteiger charge is 2.22. The predicted molar refractivity (Wildman–Crippen MR) is 116 cm³/mol. The number of nitrogens with one attached hydrogen (secondary N) is 1. The average Bonchev–Trinajstić information content (AvgIpc) is 3.05. The Morgan fingerprint density at radius 2 is 1.87 bits per heavy atom. The third kappa shape index (κ3) is 4.02. The number of hydrogen-bond acceptors (Lipinski definition) is 4. The Labute approximate surface area is 176 Å². The first kappa shape index (κ1) is 20.0. The number of nitrogens with zero attached hydrogens (tertiary/aromatic N) is 2. The molecule has 4 rings (SSSR count). The number of amides is 1. The second-order valence-electron chi connectivity index (χ2n) is 7.20. The lowest BCUT2D eigenvalue weighted by molar-refractivity contribution is 0.0789. The van der Waals surface area contributed by atoms with E-state index < -0.39 is 0 Å². The fraction of sp³-hybridized carbons (Fsp3) is 0.174. The maximum absolute atomic E-state index is 13.4. The number of aryl methyl sites for hydroxylation is 1. The number of rotatable bonds is 5. The number of aromatic amines is 1. The van der Waals surface area contributed by atoms with Crippen LogP contribution in [-0.4, -0.2) is 27.8 Å². The number of halogens is 1. The minimum absolute atomic E-state index is 0.219. The molecule has 1 amide bonds. The minimum Gasteiger partial charge on any atom is -0.337 e. The monoisotopic (exact) mass is 421 g/mol. The molecule has 4 aromatic rings. The second kappa shape index (κ2) is 8.20. The topological polar surface area (TPSA) is 66.1 Å². The molecule has 0 fully saturated rings. The van der Waals surface area contributed by atoms with E-state index in [4.69, 9.17) is 0 Å². The van der Waals surface area contributed by atoms with E-state index in [1.54, 1.807) is 26.1 Å². The van der Waals surface area contributed by atoms with Crippen molar-refractivity contribution in [3.63, 3.8) is 0 Å². The lowest BCUT2D eigenvalue weighted by Gasteiger charge is -2.17. The van der Waals surface area contributed by atoms with Crippen LogP contribution in [0.15, 0.2) is 59.4 Å². The van der Waals surface area contributed by atoms with Crippen molar-refractivity contribution in [1.29, 1.82) is 0 Å². The zero-order chi connectivity index (χ0) is 21.3. The molecule has 0 radical (unpaired) electrons. The van der Waals surface area contributed by atoms with Gasteiger partial charge in [-0.1, -0.05) is 42.5 Å². The van der Waals surface area contributed by atoms with Crippen LogP contribution in [0.2, 0.25) is 0 Å². The van der Waals surface area contributed by atoms with Crippen molar-refractivity contribution >= 4 is 27.5 Å². The zero-order valence-electron chi connectivity index (χ0n) is 16.6. The maximum Gasteiger partial charge on any atom is 0.264 e. The quantitative estimate of drug-likeness (QED) is 0.523. The Hall–Kier alpha value is -3.32. The van der Waals surface area contributed by atoms with E-state index in [0.717, 1.165) is 5.56 Å². The van der Waals surface area contributed by atoms with Gasteiger partial charge in [-0.3, -0.25) is 9.59 Å². The molecular formula is C23H20FN3O2S. The van der Waals surface area contributed by atoms with E-state index in [1.807, 2.05) is 30.3 Å². The highest BCUT2D eigenvalue weighted by atomic mass is 32.1. The van der Waals surface area contributed by atoms with Crippen molar-refractivity contribution in [3.05, 3.63) is 98.2 Å². The number of H-pyrrole nitrogens is 1. The molecule has 2 aromatic heterocycles. The highest BCUT2D eigenvalue weighted by Crippen LogP contribution is 2.28. The van der Waals surface area contributed by atoms with Crippen LogP contribution in [0, 0.1) is 12.7 Å². The SMILES string of the molecule is Cc1c(C(=O)N(C)Cc2cccc(F)c2)sc2nc(Cc3ccccc3)[nH]c(=O)c12. The van der Waals surface area contributed by atoms with E-state index in [2.05, 4.69) is 9.97 Å². The standard InChI is InChI=1S/C23H20FN3O2S/c1-14-19-21(28)25-18(12-15-7-4-3-5-8-15)26-22(19)30-20(14)23(29)27(2)13-16-9-6-10-17(24)11-16/h3-11H,12-13H2,1-2H3,(H,25,26,28). The largest absolute Gasteiger partial charge is 0.337 e. The van der Waals surface area contributed by atoms with Gasteiger partial charge in [-0.05, 0) is 35.7 Å². The van der Waals surface area contributed by atoms with E-state index in [9.17, 15) is 14.0 Å². The van der Waals surface area contributed by atoms with Gasteiger partial charge in [0.05, 0.1) is 10.3 Å². The van der Waals surface area contributed by atoms with Crippen molar-refractivity contribution in [3.8, 4) is 0 Å². The fourth-order valence-corrected chi connectivity index (χ4v) is 4.62. The highest BCUT2D eigenvalue weighted by molar-refractivity contribution is 7.20. The van der Waals surface area contributed by atoms with Crippen molar-refractivity contribution in [2.24, 2.45) is 0 Å². The molecule has 0 unspecified atom stereocenters. The van der Waals surface area contributed by atoms with Gasteiger partial charge in [0.15, 0.2) is 0 Å². The van der Waals surface area contributed by atoms with Crippen molar-refractivity contribution in [2.45, 2.75) is 19.9 Å². The molecule has 2 heterocycles. The molecule has 152 valence electrons. The molecule has 7 heteroatoms. The lowest BCUT2D eigenvalue weighted by Crippen LogP contribution is -2.26. The van der Waals surface area contributed by atoms with Gasteiger partial charge >= 0.3 is 0 Å². The molecule has 0 spiro atoms. The zero-order valence-corrected chi connectivity index (χ0v) is 17.4. The Morgan fingerprint density at radius 1 is 1.13 bits per heavy atom. The molecule has 5 nitrogen and oxygen atoms in total. The minimum atomic E-state index is -0.340. The maximum atomic E-state index is 13.4. The summed E-state index contributed by atoms with van der Waals surface area (Å²) in [6.45, 7) is 2.03. The first-order chi connectivity index (χ1) is 14.4. The summed E-state index contributed by atoms with van der Waals surface area (Å²) in [6.07, 6.45) is 0.506. The molecule has 0 aliphatic heterocycles. The summed E-state index contributed by atoms with van der Waals surface area (Å²) in [7, 11) is 1.66. The van der Waals surface area contributed by atoms with Gasteiger partial charge in [0.25, 0.3) is 11.5 Å². The Bertz CT molecular complexity index is 1280. The summed E-state index contributed by atoms with van der Waals surface area (Å²) in [4.78, 5) is 35.7. The lowest BCUT2D eigenvalue weighted by atomic mass is 10.1. The first-order valence-electron chi connectivity index (χ1n) is 9.48. The van der Waals surface area contributed by atoms with Crippen LogP contribution >= 0.6 is 11.3 Å². The summed E-state index contributed by atoms with van der Waals surface area (Å²) < 4.78 is 13.4. The number of benzene rings is 2. The van der Waals surface area contributed by atoms with Crippen LogP contribution in [0.3, 0.4) is 0 Å². The van der Waals surface area contributed by atoms with E-state index >= 15 is 0 Å². The van der Waals surface area contributed by atoms with E-state index in [1.165, 1.54) is 28.4 Å². The van der Waals surface area contributed by atoms with Crippen molar-refractivity contribution < 1.29 is 9.18 Å². The summed E-state index contributed by atoms with van der Waals surface area (Å²) in [6, 6.07) is 15.9. The van der Waals surface area contributed by atoms with E-state index in [0.29, 0.717) is 38.5 Å². The molecule has 0 aliphatic rings. The molecule has 2 aromatic carbocycles. The van der Waals surface area contributed by atoms with Gasteiger partial charge in [0.2, 0.25) is 0 Å². The third-order valence-electron chi connectivity index (χ3n) is 4.91. The van der Waals surface area contributed by atoms with Crippen LogP contribution in [0.1, 0.15) is 32.2 Å². The predicted octanol–water partition coefficient (Wildman–Crippen LogP) is 4.30. The molecule has 30 heavy (non-hydrogen) atoms. The van der Waals surface area contributed by atoms with Gasteiger partial charge in [-0.2, -0.15) is 0 Å². The molecule has 0 saturated heterocycles. The molecule has 0 bridgehead atoms. The van der Waals surface area contributed by atoms with Crippen LogP contribution in [0.4, 0.5) is 4.39 Å².